The Morgan fingerprint density at radius 1 is 1.04 bits per heavy atom. The predicted molar refractivity (Wildman–Crippen MR) is 92.0 cm³/mol. The maximum atomic E-state index is 5.85. The standard InChI is InChI=1S/C19H27NO3/c1-4-10-22-18-9-8-16(13-19(18)23-11-5-2)15(3)20-14-17-7-6-12-21-17/h6-9,12-13,15,20H,4-5,10-11,14H2,1-3H3. The molecule has 4 heteroatoms. The number of nitrogens with one attached hydrogen (secondary N) is 1. The lowest BCUT2D eigenvalue weighted by molar-refractivity contribution is 0.268. The summed E-state index contributed by atoms with van der Waals surface area (Å²) < 4.78 is 17.0. The lowest BCUT2D eigenvalue weighted by Gasteiger charge is -2.17. The molecule has 1 aromatic heterocycles. The molecule has 4 nitrogen and oxygen atoms in total. The highest BCUT2D eigenvalue weighted by Gasteiger charge is 2.11. The van der Waals surface area contributed by atoms with Gasteiger partial charge in [-0.2, -0.15) is 0 Å². The van der Waals surface area contributed by atoms with Crippen LogP contribution >= 0.6 is 0 Å². The van der Waals surface area contributed by atoms with Crippen LogP contribution in [0.3, 0.4) is 0 Å². The summed E-state index contributed by atoms with van der Waals surface area (Å²) in [6.45, 7) is 8.43. The van der Waals surface area contributed by atoms with Crippen molar-refractivity contribution in [3.8, 4) is 11.5 Å². The van der Waals surface area contributed by atoms with Crippen LogP contribution in [-0.2, 0) is 6.54 Å². The summed E-state index contributed by atoms with van der Waals surface area (Å²) in [6.07, 6.45) is 3.65. The fourth-order valence-corrected chi connectivity index (χ4v) is 2.23. The average Bonchev–Trinajstić information content (AvgIpc) is 3.09. The second kappa shape index (κ2) is 9.26. The highest BCUT2D eigenvalue weighted by molar-refractivity contribution is 5.43. The second-order valence-corrected chi connectivity index (χ2v) is 5.59. The Hall–Kier alpha value is -1.94. The molecular weight excluding hydrogens is 290 g/mol. The van der Waals surface area contributed by atoms with Gasteiger partial charge in [0.25, 0.3) is 0 Å². The summed E-state index contributed by atoms with van der Waals surface area (Å²) in [5.41, 5.74) is 1.17. The first kappa shape index (κ1) is 17.4. The predicted octanol–water partition coefficient (Wildman–Crippen LogP) is 4.71. The smallest absolute Gasteiger partial charge is 0.161 e. The average molecular weight is 317 g/mol. The lowest BCUT2D eigenvalue weighted by Crippen LogP contribution is -2.18. The molecule has 0 aliphatic rings. The van der Waals surface area contributed by atoms with E-state index in [0.717, 1.165) is 30.1 Å². The van der Waals surface area contributed by atoms with Gasteiger partial charge in [0.1, 0.15) is 5.76 Å². The Morgan fingerprint density at radius 2 is 1.78 bits per heavy atom. The van der Waals surface area contributed by atoms with Crippen molar-refractivity contribution >= 4 is 0 Å². The molecule has 0 aliphatic carbocycles. The topological polar surface area (TPSA) is 43.6 Å². The normalized spacial score (nSPS) is 12.1. The first-order valence-corrected chi connectivity index (χ1v) is 8.39. The van der Waals surface area contributed by atoms with Crippen molar-refractivity contribution in [3.63, 3.8) is 0 Å². The number of ether oxygens (including phenoxy) is 2. The quantitative estimate of drug-likeness (QED) is 0.689. The van der Waals surface area contributed by atoms with E-state index < -0.39 is 0 Å². The summed E-state index contributed by atoms with van der Waals surface area (Å²) in [4.78, 5) is 0. The minimum atomic E-state index is 0.198. The van der Waals surface area contributed by atoms with Crippen molar-refractivity contribution in [3.05, 3.63) is 47.9 Å². The van der Waals surface area contributed by atoms with Gasteiger partial charge >= 0.3 is 0 Å². The molecule has 0 radical (unpaired) electrons. The van der Waals surface area contributed by atoms with Crippen LogP contribution in [-0.4, -0.2) is 13.2 Å². The largest absolute Gasteiger partial charge is 0.490 e. The van der Waals surface area contributed by atoms with E-state index in [9.17, 15) is 0 Å². The number of hydrogen-bond donors (Lipinski definition) is 1. The Bertz CT molecular complexity index is 566. The van der Waals surface area contributed by atoms with Crippen LogP contribution in [0.15, 0.2) is 41.0 Å². The van der Waals surface area contributed by atoms with E-state index in [4.69, 9.17) is 13.9 Å². The van der Waals surface area contributed by atoms with Crippen LogP contribution < -0.4 is 14.8 Å². The Labute approximate surface area is 138 Å². The summed E-state index contributed by atoms with van der Waals surface area (Å²) in [5.74, 6) is 2.58. The van der Waals surface area contributed by atoms with E-state index in [1.807, 2.05) is 18.2 Å². The molecule has 0 fully saturated rings. The third kappa shape index (κ3) is 5.32. The number of rotatable bonds is 10. The van der Waals surface area contributed by atoms with Gasteiger partial charge in [-0.15, -0.1) is 0 Å². The van der Waals surface area contributed by atoms with E-state index in [-0.39, 0.29) is 6.04 Å². The summed E-state index contributed by atoms with van der Waals surface area (Å²) in [6, 6.07) is 10.2. The van der Waals surface area contributed by atoms with Gasteiger partial charge in [0.2, 0.25) is 0 Å². The summed E-state index contributed by atoms with van der Waals surface area (Å²) in [7, 11) is 0. The van der Waals surface area contributed by atoms with Gasteiger partial charge in [-0.05, 0) is 49.6 Å². The third-order valence-electron chi connectivity index (χ3n) is 3.55. The number of furan rings is 1. The van der Waals surface area contributed by atoms with Crippen LogP contribution in [0.4, 0.5) is 0 Å². The van der Waals surface area contributed by atoms with Gasteiger partial charge < -0.3 is 19.2 Å². The zero-order valence-electron chi connectivity index (χ0n) is 14.3. The SMILES string of the molecule is CCCOc1ccc(C(C)NCc2ccco2)cc1OCCC. The molecule has 1 atom stereocenters. The van der Waals surface area contributed by atoms with Gasteiger partial charge in [-0.25, -0.2) is 0 Å². The molecule has 126 valence electrons. The minimum Gasteiger partial charge on any atom is -0.490 e. The molecule has 0 bridgehead atoms. The lowest BCUT2D eigenvalue weighted by atomic mass is 10.1. The molecular formula is C19H27NO3. The molecule has 0 aliphatic heterocycles. The zero-order chi connectivity index (χ0) is 16.5. The van der Waals surface area contributed by atoms with Crippen molar-refractivity contribution in [1.82, 2.24) is 5.32 Å². The Morgan fingerprint density at radius 3 is 2.43 bits per heavy atom. The molecule has 2 aromatic rings. The maximum Gasteiger partial charge on any atom is 0.161 e. The van der Waals surface area contributed by atoms with E-state index in [0.29, 0.717) is 19.8 Å². The molecule has 0 amide bonds. The van der Waals surface area contributed by atoms with Crippen LogP contribution in [0, 0.1) is 0 Å². The van der Waals surface area contributed by atoms with Gasteiger partial charge in [0, 0.05) is 6.04 Å². The monoisotopic (exact) mass is 317 g/mol. The first-order chi connectivity index (χ1) is 11.2. The minimum absolute atomic E-state index is 0.198. The van der Waals surface area contributed by atoms with Gasteiger partial charge in [-0.1, -0.05) is 19.9 Å². The maximum absolute atomic E-state index is 5.85. The number of benzene rings is 1. The molecule has 1 aromatic carbocycles. The molecule has 0 spiro atoms. The molecule has 1 N–H and O–H groups in total. The molecule has 0 saturated carbocycles. The fourth-order valence-electron chi connectivity index (χ4n) is 2.23. The first-order valence-electron chi connectivity index (χ1n) is 8.39. The van der Waals surface area contributed by atoms with Gasteiger partial charge in [0.15, 0.2) is 11.5 Å². The Kier molecular flexibility index (Phi) is 7.01. The van der Waals surface area contributed by atoms with Crippen molar-refractivity contribution in [2.45, 2.75) is 46.2 Å². The van der Waals surface area contributed by atoms with Crippen LogP contribution in [0.5, 0.6) is 11.5 Å². The van der Waals surface area contributed by atoms with Crippen molar-refractivity contribution in [2.24, 2.45) is 0 Å². The Balaban J connectivity index is 2.04. The molecule has 1 unspecified atom stereocenters. The van der Waals surface area contributed by atoms with Crippen molar-refractivity contribution in [1.29, 1.82) is 0 Å². The van der Waals surface area contributed by atoms with Gasteiger partial charge in [0.05, 0.1) is 26.0 Å². The molecule has 23 heavy (non-hydrogen) atoms. The molecule has 2 rings (SSSR count). The van der Waals surface area contributed by atoms with Crippen LogP contribution in [0.1, 0.15) is 51.0 Å². The summed E-state index contributed by atoms with van der Waals surface area (Å²) in [5, 5.41) is 3.46. The highest BCUT2D eigenvalue weighted by atomic mass is 16.5. The molecule has 0 saturated heterocycles. The van der Waals surface area contributed by atoms with E-state index >= 15 is 0 Å². The zero-order valence-corrected chi connectivity index (χ0v) is 14.3. The van der Waals surface area contributed by atoms with E-state index in [1.165, 1.54) is 5.56 Å². The highest BCUT2D eigenvalue weighted by Crippen LogP contribution is 2.31. The van der Waals surface area contributed by atoms with Gasteiger partial charge in [-0.3, -0.25) is 0 Å². The second-order valence-electron chi connectivity index (χ2n) is 5.59. The van der Waals surface area contributed by atoms with Crippen molar-refractivity contribution < 1.29 is 13.9 Å². The van der Waals surface area contributed by atoms with E-state index in [2.05, 4.69) is 38.2 Å². The molecule has 1 heterocycles. The fraction of sp³-hybridized carbons (Fsp3) is 0.474. The number of hydrogen-bond acceptors (Lipinski definition) is 4. The van der Waals surface area contributed by atoms with Crippen LogP contribution in [0.25, 0.3) is 0 Å². The summed E-state index contributed by atoms with van der Waals surface area (Å²) >= 11 is 0. The van der Waals surface area contributed by atoms with E-state index in [1.54, 1.807) is 6.26 Å². The van der Waals surface area contributed by atoms with Crippen molar-refractivity contribution in [2.75, 3.05) is 13.2 Å². The third-order valence-corrected chi connectivity index (χ3v) is 3.55. The van der Waals surface area contributed by atoms with Crippen LogP contribution in [0.2, 0.25) is 0 Å².